The molecule has 3 heterocycles. The van der Waals surface area contributed by atoms with Gasteiger partial charge in [-0.05, 0) is 56.2 Å². The smallest absolute Gasteiger partial charge is 0.418 e. The van der Waals surface area contributed by atoms with Gasteiger partial charge in [0, 0.05) is 53.1 Å². The number of rotatable bonds is 6. The molecule has 0 aliphatic carbocycles. The summed E-state index contributed by atoms with van der Waals surface area (Å²) in [7, 11) is 1.52. The van der Waals surface area contributed by atoms with E-state index in [2.05, 4.69) is 15.3 Å². The van der Waals surface area contributed by atoms with Crippen molar-refractivity contribution in [3.63, 3.8) is 0 Å². The molecule has 9 heteroatoms. The van der Waals surface area contributed by atoms with Gasteiger partial charge in [0.2, 0.25) is 0 Å². The molecule has 1 unspecified atom stereocenters. The van der Waals surface area contributed by atoms with Crippen LogP contribution in [0.3, 0.4) is 0 Å². The number of benzene rings is 3. The van der Waals surface area contributed by atoms with Crippen molar-refractivity contribution < 1.29 is 23.9 Å². The van der Waals surface area contributed by atoms with Crippen molar-refractivity contribution in [3.05, 3.63) is 119 Å². The zero-order chi connectivity index (χ0) is 31.7. The van der Waals surface area contributed by atoms with Crippen LogP contribution in [0.5, 0.6) is 0 Å². The van der Waals surface area contributed by atoms with Gasteiger partial charge in [-0.1, -0.05) is 60.7 Å². The highest BCUT2D eigenvalue weighted by molar-refractivity contribution is 6.17. The van der Waals surface area contributed by atoms with E-state index in [0.29, 0.717) is 17.8 Å². The quantitative estimate of drug-likeness (QED) is 0.202. The average Bonchev–Trinajstić information content (AvgIpc) is 3.42. The molecule has 2 aromatic heterocycles. The number of nitrogens with zero attached hydrogens (tertiary/aromatic N) is 2. The maximum Gasteiger partial charge on any atom is 0.418 e. The van der Waals surface area contributed by atoms with Crippen LogP contribution in [0.15, 0.2) is 91.1 Å². The Labute approximate surface area is 260 Å². The van der Waals surface area contributed by atoms with Crippen molar-refractivity contribution in [2.75, 3.05) is 11.9 Å². The molecule has 2 N–H and O–H groups in total. The molecule has 5 aromatic rings. The van der Waals surface area contributed by atoms with E-state index in [1.807, 2.05) is 72.8 Å². The Balaban J connectivity index is 1.41. The Bertz CT molecular complexity index is 1960. The lowest BCUT2D eigenvalue weighted by Crippen LogP contribution is -2.30. The van der Waals surface area contributed by atoms with Crippen molar-refractivity contribution in [3.8, 4) is 0 Å². The SMILES string of the molecule is CNC(=O)c1cc(C(=O)OC(C)(C)C)cc(CC2C=CN(C(=O)OCc3ccccc3)c3c2ccc2[nH]c4ccccc4c32)n1. The summed E-state index contributed by atoms with van der Waals surface area (Å²) in [6.45, 7) is 5.51. The molecule has 0 bridgehead atoms. The van der Waals surface area contributed by atoms with Crippen molar-refractivity contribution in [1.29, 1.82) is 0 Å². The summed E-state index contributed by atoms with van der Waals surface area (Å²) in [6.07, 6.45) is 3.53. The van der Waals surface area contributed by atoms with E-state index >= 15 is 0 Å². The number of carbonyl (C=O) groups is 3. The molecule has 0 saturated heterocycles. The number of esters is 1. The summed E-state index contributed by atoms with van der Waals surface area (Å²) < 4.78 is 11.4. The van der Waals surface area contributed by atoms with Gasteiger partial charge in [-0.15, -0.1) is 0 Å². The molecule has 228 valence electrons. The maximum atomic E-state index is 13.6. The number of pyridine rings is 1. The van der Waals surface area contributed by atoms with Gasteiger partial charge in [-0.25, -0.2) is 14.6 Å². The Morgan fingerprint density at radius 1 is 0.956 bits per heavy atom. The molecule has 0 spiro atoms. The first-order valence-electron chi connectivity index (χ1n) is 14.8. The molecule has 1 aliphatic rings. The number of allylic oxidation sites excluding steroid dienone is 1. The molecule has 0 saturated carbocycles. The minimum Gasteiger partial charge on any atom is -0.456 e. The minimum atomic E-state index is -0.706. The number of aromatic nitrogens is 2. The summed E-state index contributed by atoms with van der Waals surface area (Å²) in [5.74, 6) is -1.17. The number of nitrogens with one attached hydrogen (secondary N) is 2. The Morgan fingerprint density at radius 2 is 1.71 bits per heavy atom. The maximum absolute atomic E-state index is 13.6. The second-order valence-corrected chi connectivity index (χ2v) is 12.0. The summed E-state index contributed by atoms with van der Waals surface area (Å²) in [5, 5.41) is 4.47. The third-order valence-electron chi connectivity index (χ3n) is 7.59. The number of hydrogen-bond donors (Lipinski definition) is 2. The largest absolute Gasteiger partial charge is 0.456 e. The number of H-pyrrole nitrogens is 1. The Morgan fingerprint density at radius 3 is 2.47 bits per heavy atom. The zero-order valence-corrected chi connectivity index (χ0v) is 25.6. The summed E-state index contributed by atoms with van der Waals surface area (Å²) in [6, 6.07) is 24.6. The molecule has 0 radical (unpaired) electrons. The lowest BCUT2D eigenvalue weighted by molar-refractivity contribution is 0.00691. The van der Waals surface area contributed by atoms with Gasteiger partial charge < -0.3 is 19.8 Å². The predicted octanol–water partition coefficient (Wildman–Crippen LogP) is 7.03. The molecule has 1 aliphatic heterocycles. The monoisotopic (exact) mass is 602 g/mol. The molecule has 2 amide bonds. The standard InChI is InChI=1S/C36H34N4O5/c1-36(2,3)45-34(42)24-19-25(38-30(20-24)33(41)37-4)18-23-16-17-40(35(43)44-21-22-10-6-5-7-11-22)32-26(23)14-15-29-31(32)27-12-8-9-13-28(27)39-29/h5-17,19-20,23,39H,18,21H2,1-4H3,(H,37,41). The van der Waals surface area contributed by atoms with Gasteiger partial charge in [0.05, 0.1) is 11.3 Å². The van der Waals surface area contributed by atoms with Gasteiger partial charge in [0.15, 0.2) is 0 Å². The van der Waals surface area contributed by atoms with Gasteiger partial charge in [-0.2, -0.15) is 0 Å². The van der Waals surface area contributed by atoms with E-state index in [0.717, 1.165) is 32.9 Å². The van der Waals surface area contributed by atoms with Crippen molar-refractivity contribution in [2.24, 2.45) is 0 Å². The number of fused-ring (bicyclic) bond motifs is 5. The molecule has 9 nitrogen and oxygen atoms in total. The molecule has 3 aromatic carbocycles. The van der Waals surface area contributed by atoms with Gasteiger partial charge in [-0.3, -0.25) is 9.69 Å². The van der Waals surface area contributed by atoms with Gasteiger partial charge >= 0.3 is 12.1 Å². The summed E-state index contributed by atoms with van der Waals surface area (Å²) in [5.41, 5.74) is 4.52. The molecule has 0 fully saturated rings. The molecule has 45 heavy (non-hydrogen) atoms. The molecular formula is C36H34N4O5. The van der Waals surface area contributed by atoms with Crippen LogP contribution in [0.25, 0.3) is 21.8 Å². The first-order chi connectivity index (χ1) is 21.6. The first-order valence-corrected chi connectivity index (χ1v) is 14.8. The molecule has 1 atom stereocenters. The fraction of sp³-hybridized carbons (Fsp3) is 0.222. The topological polar surface area (TPSA) is 114 Å². The normalized spacial score (nSPS) is 14.3. The van der Waals surface area contributed by atoms with E-state index in [4.69, 9.17) is 9.47 Å². The predicted molar refractivity (Wildman–Crippen MR) is 173 cm³/mol. The number of para-hydroxylation sites is 1. The highest BCUT2D eigenvalue weighted by Gasteiger charge is 2.30. The molecule has 6 rings (SSSR count). The third-order valence-corrected chi connectivity index (χ3v) is 7.59. The van der Waals surface area contributed by atoms with Crippen LogP contribution in [0.2, 0.25) is 0 Å². The van der Waals surface area contributed by atoms with Crippen LogP contribution in [0.4, 0.5) is 10.5 Å². The minimum absolute atomic E-state index is 0.120. The van der Waals surface area contributed by atoms with Gasteiger partial charge in [0.25, 0.3) is 5.91 Å². The van der Waals surface area contributed by atoms with E-state index in [9.17, 15) is 14.4 Å². The highest BCUT2D eigenvalue weighted by atomic mass is 16.6. The highest BCUT2D eigenvalue weighted by Crippen LogP contribution is 2.43. The number of hydrogen-bond acceptors (Lipinski definition) is 6. The van der Waals surface area contributed by atoms with Crippen LogP contribution < -0.4 is 10.2 Å². The van der Waals surface area contributed by atoms with E-state index in [-0.39, 0.29) is 23.8 Å². The zero-order valence-electron chi connectivity index (χ0n) is 25.6. The van der Waals surface area contributed by atoms with E-state index in [1.165, 1.54) is 13.1 Å². The van der Waals surface area contributed by atoms with Crippen molar-refractivity contribution >= 4 is 45.5 Å². The fourth-order valence-corrected chi connectivity index (χ4v) is 5.60. The number of ether oxygens (including phenoxy) is 2. The van der Waals surface area contributed by atoms with Gasteiger partial charge in [0.1, 0.15) is 17.9 Å². The van der Waals surface area contributed by atoms with Crippen molar-refractivity contribution in [2.45, 2.75) is 45.3 Å². The Kier molecular flexibility index (Phi) is 7.85. The summed E-state index contributed by atoms with van der Waals surface area (Å²) in [4.78, 5) is 48.9. The number of carbonyl (C=O) groups excluding carboxylic acids is 3. The first kappa shape index (κ1) is 29.6. The number of aromatic amines is 1. The second kappa shape index (κ2) is 11.9. The van der Waals surface area contributed by atoms with Crippen LogP contribution in [0, 0.1) is 0 Å². The van der Waals surface area contributed by atoms with Crippen LogP contribution in [-0.4, -0.2) is 40.6 Å². The molecular weight excluding hydrogens is 568 g/mol. The van der Waals surface area contributed by atoms with Crippen LogP contribution in [-0.2, 0) is 22.5 Å². The fourth-order valence-electron chi connectivity index (χ4n) is 5.60. The number of amides is 2. The Hall–Kier alpha value is -5.44. The lowest BCUT2D eigenvalue weighted by Gasteiger charge is -2.30. The lowest BCUT2D eigenvalue weighted by atomic mass is 9.88. The summed E-state index contributed by atoms with van der Waals surface area (Å²) >= 11 is 0. The second-order valence-electron chi connectivity index (χ2n) is 12.0. The van der Waals surface area contributed by atoms with Crippen LogP contribution in [0.1, 0.15) is 64.4 Å². The average molecular weight is 603 g/mol. The van der Waals surface area contributed by atoms with Crippen molar-refractivity contribution in [1.82, 2.24) is 15.3 Å². The van der Waals surface area contributed by atoms with E-state index in [1.54, 1.807) is 37.9 Å². The van der Waals surface area contributed by atoms with E-state index < -0.39 is 23.6 Å². The number of anilines is 1. The van der Waals surface area contributed by atoms with Crippen LogP contribution >= 0.6 is 0 Å². The third kappa shape index (κ3) is 6.15.